The quantitative estimate of drug-likeness (QED) is 0.854. The Morgan fingerprint density at radius 2 is 2.25 bits per heavy atom. The van der Waals surface area contributed by atoms with E-state index >= 15 is 0 Å². The SMILES string of the molecule is CCC(=O)N[C@@H](C#N)c1ccc(F)cc1F. The van der Waals surface area contributed by atoms with E-state index in [9.17, 15) is 13.6 Å². The first-order valence-corrected chi connectivity index (χ1v) is 4.72. The van der Waals surface area contributed by atoms with E-state index in [1.165, 1.54) is 0 Å². The van der Waals surface area contributed by atoms with Crippen molar-refractivity contribution in [3.63, 3.8) is 0 Å². The number of carbonyl (C=O) groups excluding carboxylic acids is 1. The number of carbonyl (C=O) groups is 1. The Morgan fingerprint density at radius 3 is 2.75 bits per heavy atom. The number of hydrogen-bond acceptors (Lipinski definition) is 2. The Labute approximate surface area is 91.7 Å². The molecule has 0 fully saturated rings. The van der Waals surface area contributed by atoms with Gasteiger partial charge in [0.25, 0.3) is 0 Å². The highest BCUT2D eigenvalue weighted by atomic mass is 19.1. The van der Waals surface area contributed by atoms with Gasteiger partial charge in [-0.05, 0) is 6.07 Å². The molecule has 0 unspecified atom stereocenters. The summed E-state index contributed by atoms with van der Waals surface area (Å²) in [5, 5.41) is 11.1. The Balaban J connectivity index is 2.96. The summed E-state index contributed by atoms with van der Waals surface area (Å²) in [7, 11) is 0. The van der Waals surface area contributed by atoms with Crippen LogP contribution >= 0.6 is 0 Å². The van der Waals surface area contributed by atoms with Crippen LogP contribution in [0, 0.1) is 23.0 Å². The molecular formula is C11H10F2N2O. The lowest BCUT2D eigenvalue weighted by Gasteiger charge is -2.11. The number of nitriles is 1. The largest absolute Gasteiger partial charge is 0.337 e. The van der Waals surface area contributed by atoms with E-state index in [1.54, 1.807) is 13.0 Å². The van der Waals surface area contributed by atoms with Crippen molar-refractivity contribution >= 4 is 5.91 Å². The van der Waals surface area contributed by atoms with Crippen molar-refractivity contribution in [2.45, 2.75) is 19.4 Å². The maximum Gasteiger partial charge on any atom is 0.221 e. The van der Waals surface area contributed by atoms with E-state index in [4.69, 9.17) is 5.26 Å². The summed E-state index contributed by atoms with van der Waals surface area (Å²) >= 11 is 0. The number of amides is 1. The fourth-order valence-electron chi connectivity index (χ4n) is 1.18. The van der Waals surface area contributed by atoms with Crippen molar-refractivity contribution in [2.75, 3.05) is 0 Å². The van der Waals surface area contributed by atoms with Crippen LogP contribution in [-0.4, -0.2) is 5.91 Å². The zero-order valence-electron chi connectivity index (χ0n) is 8.63. The van der Waals surface area contributed by atoms with Crippen LogP contribution in [-0.2, 0) is 4.79 Å². The van der Waals surface area contributed by atoms with E-state index in [1.807, 2.05) is 0 Å². The molecule has 0 aromatic heterocycles. The van der Waals surface area contributed by atoms with Crippen LogP contribution in [0.25, 0.3) is 0 Å². The van der Waals surface area contributed by atoms with E-state index in [2.05, 4.69) is 5.32 Å². The maximum absolute atomic E-state index is 13.3. The third kappa shape index (κ3) is 2.76. The van der Waals surface area contributed by atoms with Gasteiger partial charge in [0.15, 0.2) is 0 Å². The lowest BCUT2D eigenvalue weighted by Crippen LogP contribution is -2.27. The molecular weight excluding hydrogens is 214 g/mol. The highest BCUT2D eigenvalue weighted by Crippen LogP contribution is 2.17. The van der Waals surface area contributed by atoms with Gasteiger partial charge in [0.05, 0.1) is 6.07 Å². The number of nitrogens with zero attached hydrogens (tertiary/aromatic N) is 1. The molecule has 1 aromatic rings. The van der Waals surface area contributed by atoms with E-state index in [-0.39, 0.29) is 17.9 Å². The monoisotopic (exact) mass is 224 g/mol. The van der Waals surface area contributed by atoms with Crippen LogP contribution in [0.1, 0.15) is 24.9 Å². The molecule has 1 atom stereocenters. The molecule has 0 heterocycles. The molecule has 0 saturated carbocycles. The third-order valence-electron chi connectivity index (χ3n) is 2.03. The van der Waals surface area contributed by atoms with Gasteiger partial charge in [0, 0.05) is 18.1 Å². The molecule has 0 saturated heterocycles. The molecule has 0 aliphatic heterocycles. The predicted octanol–water partition coefficient (Wildman–Crippen LogP) is 2.06. The molecule has 1 N–H and O–H groups in total. The van der Waals surface area contributed by atoms with Gasteiger partial charge in [-0.1, -0.05) is 13.0 Å². The van der Waals surface area contributed by atoms with Crippen LogP contribution in [0.3, 0.4) is 0 Å². The number of rotatable bonds is 3. The zero-order valence-corrected chi connectivity index (χ0v) is 8.63. The second-order valence-electron chi connectivity index (χ2n) is 3.15. The molecule has 0 bridgehead atoms. The van der Waals surface area contributed by atoms with Crippen LogP contribution in [0.5, 0.6) is 0 Å². The fourth-order valence-corrected chi connectivity index (χ4v) is 1.18. The predicted molar refractivity (Wildman–Crippen MR) is 53.1 cm³/mol. The fraction of sp³-hybridized carbons (Fsp3) is 0.273. The van der Waals surface area contributed by atoms with Crippen molar-refractivity contribution in [1.29, 1.82) is 5.26 Å². The van der Waals surface area contributed by atoms with Gasteiger partial charge in [0.2, 0.25) is 5.91 Å². The van der Waals surface area contributed by atoms with Crippen molar-refractivity contribution in [1.82, 2.24) is 5.32 Å². The van der Waals surface area contributed by atoms with Crippen molar-refractivity contribution in [3.05, 3.63) is 35.4 Å². The van der Waals surface area contributed by atoms with Crippen LogP contribution in [0.15, 0.2) is 18.2 Å². The number of nitrogens with one attached hydrogen (secondary N) is 1. The summed E-state index contributed by atoms with van der Waals surface area (Å²) < 4.78 is 25.9. The first kappa shape index (κ1) is 12.1. The summed E-state index contributed by atoms with van der Waals surface area (Å²) in [6.45, 7) is 1.62. The Bertz CT molecular complexity index is 440. The number of hydrogen-bond donors (Lipinski definition) is 1. The van der Waals surface area contributed by atoms with Crippen molar-refractivity contribution in [3.8, 4) is 6.07 Å². The van der Waals surface area contributed by atoms with E-state index in [0.717, 1.165) is 12.1 Å². The standard InChI is InChI=1S/C11H10F2N2O/c1-2-11(16)15-10(6-14)8-4-3-7(12)5-9(8)13/h3-5,10H,2H2,1H3,(H,15,16)/t10-/m0/s1. The molecule has 84 valence electrons. The first-order valence-electron chi connectivity index (χ1n) is 4.72. The van der Waals surface area contributed by atoms with Crippen LogP contribution in [0.2, 0.25) is 0 Å². The minimum Gasteiger partial charge on any atom is -0.337 e. The summed E-state index contributed by atoms with van der Waals surface area (Å²) in [6, 6.07) is 3.53. The van der Waals surface area contributed by atoms with Gasteiger partial charge >= 0.3 is 0 Å². The summed E-state index contributed by atoms with van der Waals surface area (Å²) in [5.41, 5.74) is -0.0364. The third-order valence-corrected chi connectivity index (χ3v) is 2.03. The number of halogens is 2. The molecule has 16 heavy (non-hydrogen) atoms. The highest BCUT2D eigenvalue weighted by Gasteiger charge is 2.17. The molecule has 0 aliphatic rings. The Kier molecular flexibility index (Phi) is 3.95. The maximum atomic E-state index is 13.3. The smallest absolute Gasteiger partial charge is 0.221 e. The summed E-state index contributed by atoms with van der Waals surface area (Å²) in [4.78, 5) is 11.1. The topological polar surface area (TPSA) is 52.9 Å². The molecule has 0 radical (unpaired) electrons. The molecule has 1 amide bonds. The van der Waals surface area contributed by atoms with Gasteiger partial charge in [-0.25, -0.2) is 8.78 Å². The molecule has 5 heteroatoms. The minimum atomic E-state index is -1.09. The van der Waals surface area contributed by atoms with Gasteiger partial charge in [-0.15, -0.1) is 0 Å². The average Bonchev–Trinajstić information content (AvgIpc) is 2.26. The highest BCUT2D eigenvalue weighted by molar-refractivity contribution is 5.76. The van der Waals surface area contributed by atoms with Crippen molar-refractivity contribution < 1.29 is 13.6 Å². The minimum absolute atomic E-state index is 0.0364. The zero-order chi connectivity index (χ0) is 12.1. The van der Waals surface area contributed by atoms with Gasteiger partial charge in [-0.2, -0.15) is 5.26 Å². The second kappa shape index (κ2) is 5.21. The van der Waals surface area contributed by atoms with Gasteiger partial charge in [0.1, 0.15) is 17.7 Å². The molecule has 1 aromatic carbocycles. The number of benzene rings is 1. The average molecular weight is 224 g/mol. The van der Waals surface area contributed by atoms with Gasteiger partial charge in [-0.3, -0.25) is 4.79 Å². The lowest BCUT2D eigenvalue weighted by atomic mass is 10.1. The molecule has 3 nitrogen and oxygen atoms in total. The summed E-state index contributed by atoms with van der Waals surface area (Å²) in [5.74, 6) is -1.93. The first-order chi connectivity index (χ1) is 7.58. The van der Waals surface area contributed by atoms with E-state index in [0.29, 0.717) is 6.07 Å². The summed E-state index contributed by atoms with van der Waals surface area (Å²) in [6.07, 6.45) is 0.195. The molecule has 0 spiro atoms. The normalized spacial score (nSPS) is 11.6. The Morgan fingerprint density at radius 1 is 1.56 bits per heavy atom. The van der Waals surface area contributed by atoms with E-state index < -0.39 is 17.7 Å². The van der Waals surface area contributed by atoms with Crippen LogP contribution < -0.4 is 5.32 Å². The van der Waals surface area contributed by atoms with Crippen molar-refractivity contribution in [2.24, 2.45) is 0 Å². The Hall–Kier alpha value is -1.96. The van der Waals surface area contributed by atoms with Crippen LogP contribution in [0.4, 0.5) is 8.78 Å². The lowest BCUT2D eigenvalue weighted by molar-refractivity contribution is -0.121. The molecule has 0 aliphatic carbocycles. The second-order valence-corrected chi connectivity index (χ2v) is 3.15. The molecule has 1 rings (SSSR count). The van der Waals surface area contributed by atoms with Gasteiger partial charge < -0.3 is 5.32 Å².